The molecular formula is C14H11BrCl2N2S. The number of rotatable bonds is 2. The quantitative estimate of drug-likeness (QED) is 0.627. The van der Waals surface area contributed by atoms with E-state index in [-0.39, 0.29) is 0 Å². The van der Waals surface area contributed by atoms with Gasteiger partial charge in [-0.25, -0.2) is 0 Å². The number of nitrogens with one attached hydrogen (secondary N) is 2. The lowest BCUT2D eigenvalue weighted by Gasteiger charge is -2.13. The van der Waals surface area contributed by atoms with E-state index in [0.29, 0.717) is 15.2 Å². The molecule has 2 N–H and O–H groups in total. The van der Waals surface area contributed by atoms with Crippen molar-refractivity contribution in [2.45, 2.75) is 6.92 Å². The first kappa shape index (κ1) is 15.6. The van der Waals surface area contributed by atoms with Crippen LogP contribution in [0.5, 0.6) is 0 Å². The van der Waals surface area contributed by atoms with Gasteiger partial charge in [0.15, 0.2) is 5.11 Å². The van der Waals surface area contributed by atoms with Crippen LogP contribution in [0.4, 0.5) is 11.4 Å². The summed E-state index contributed by atoms with van der Waals surface area (Å²) in [4.78, 5) is 0. The van der Waals surface area contributed by atoms with E-state index in [9.17, 15) is 0 Å². The highest BCUT2D eigenvalue weighted by atomic mass is 79.9. The minimum Gasteiger partial charge on any atom is -0.332 e. The average Bonchev–Trinajstić information content (AvgIpc) is 2.38. The fourth-order valence-electron chi connectivity index (χ4n) is 1.59. The van der Waals surface area contributed by atoms with Crippen LogP contribution in [-0.2, 0) is 0 Å². The molecule has 2 aromatic rings. The van der Waals surface area contributed by atoms with E-state index in [2.05, 4.69) is 26.6 Å². The van der Waals surface area contributed by atoms with Crippen LogP contribution in [0.15, 0.2) is 40.9 Å². The summed E-state index contributed by atoms with van der Waals surface area (Å²) in [7, 11) is 0. The third-order valence-corrected chi connectivity index (χ3v) is 4.30. The summed E-state index contributed by atoms with van der Waals surface area (Å²) >= 11 is 20.6. The summed E-state index contributed by atoms with van der Waals surface area (Å²) in [5.74, 6) is 0. The predicted molar refractivity (Wildman–Crippen MR) is 95.2 cm³/mol. The van der Waals surface area contributed by atoms with Crippen molar-refractivity contribution in [3.63, 3.8) is 0 Å². The molecule has 0 heterocycles. The molecule has 2 rings (SSSR count). The third-order valence-electron chi connectivity index (χ3n) is 2.63. The Hall–Kier alpha value is -0.810. The Balaban J connectivity index is 2.09. The number of thiocarbonyl (C=S) groups is 1. The summed E-state index contributed by atoms with van der Waals surface area (Å²) in [6.07, 6.45) is 0. The van der Waals surface area contributed by atoms with E-state index in [1.807, 2.05) is 37.3 Å². The fraction of sp³-hybridized carbons (Fsp3) is 0.0714. The van der Waals surface area contributed by atoms with Crippen molar-refractivity contribution in [2.24, 2.45) is 0 Å². The number of aryl methyl sites for hydroxylation is 1. The molecule has 2 aromatic carbocycles. The van der Waals surface area contributed by atoms with E-state index in [1.54, 1.807) is 6.07 Å². The minimum atomic E-state index is 0.480. The van der Waals surface area contributed by atoms with E-state index >= 15 is 0 Å². The molecule has 0 aliphatic heterocycles. The molecule has 0 spiro atoms. The van der Waals surface area contributed by atoms with Gasteiger partial charge in [0.25, 0.3) is 0 Å². The monoisotopic (exact) mass is 388 g/mol. The Morgan fingerprint density at radius 1 is 1.10 bits per heavy atom. The summed E-state index contributed by atoms with van der Waals surface area (Å²) in [6, 6.07) is 11.1. The van der Waals surface area contributed by atoms with Gasteiger partial charge in [0.1, 0.15) is 0 Å². The molecule has 0 unspecified atom stereocenters. The van der Waals surface area contributed by atoms with E-state index in [1.165, 1.54) is 0 Å². The molecule has 0 saturated carbocycles. The molecule has 6 heteroatoms. The first-order valence-electron chi connectivity index (χ1n) is 5.75. The zero-order valence-corrected chi connectivity index (χ0v) is 14.4. The van der Waals surface area contributed by atoms with Crippen LogP contribution in [-0.4, -0.2) is 5.11 Å². The van der Waals surface area contributed by atoms with Crippen LogP contribution in [0.1, 0.15) is 5.56 Å². The molecule has 0 atom stereocenters. The average molecular weight is 390 g/mol. The molecule has 2 nitrogen and oxygen atoms in total. The number of hydrogen-bond donors (Lipinski definition) is 2. The van der Waals surface area contributed by atoms with Crippen molar-refractivity contribution >= 4 is 67.8 Å². The molecule has 104 valence electrons. The number of hydrogen-bond acceptors (Lipinski definition) is 1. The maximum absolute atomic E-state index is 6.04. The van der Waals surface area contributed by atoms with Gasteiger partial charge in [0.2, 0.25) is 0 Å². The highest BCUT2D eigenvalue weighted by molar-refractivity contribution is 9.10. The Labute approximate surface area is 141 Å². The molecule has 0 aliphatic carbocycles. The predicted octanol–water partition coefficient (Wildman–Crippen LogP) is 5.87. The lowest BCUT2D eigenvalue weighted by Crippen LogP contribution is -2.19. The minimum absolute atomic E-state index is 0.480. The SMILES string of the molecule is Cc1ccc(Cl)cc1NC(=S)Nc1ccc(Br)c(Cl)c1. The van der Waals surface area contributed by atoms with E-state index in [0.717, 1.165) is 21.4 Å². The number of anilines is 2. The summed E-state index contributed by atoms with van der Waals surface area (Å²) in [5.41, 5.74) is 2.75. The first-order chi connectivity index (χ1) is 9.45. The summed E-state index contributed by atoms with van der Waals surface area (Å²) < 4.78 is 0.842. The first-order valence-corrected chi connectivity index (χ1v) is 7.70. The van der Waals surface area contributed by atoms with E-state index in [4.69, 9.17) is 35.4 Å². The van der Waals surface area contributed by atoms with Gasteiger partial charge in [-0.2, -0.15) is 0 Å². The largest absolute Gasteiger partial charge is 0.332 e. The van der Waals surface area contributed by atoms with Gasteiger partial charge >= 0.3 is 0 Å². The molecule has 20 heavy (non-hydrogen) atoms. The molecule has 0 amide bonds. The van der Waals surface area contributed by atoms with Crippen molar-refractivity contribution in [3.05, 3.63) is 56.5 Å². The van der Waals surface area contributed by atoms with Crippen molar-refractivity contribution in [1.29, 1.82) is 0 Å². The van der Waals surface area contributed by atoms with Gasteiger partial charge in [0.05, 0.1) is 5.02 Å². The molecule has 0 fully saturated rings. The second kappa shape index (κ2) is 6.76. The van der Waals surface area contributed by atoms with Gasteiger partial charge in [-0.3, -0.25) is 0 Å². The summed E-state index contributed by atoms with van der Waals surface area (Å²) in [6.45, 7) is 1.98. The number of benzene rings is 2. The lowest BCUT2D eigenvalue weighted by molar-refractivity contribution is 1.45. The standard InChI is InChI=1S/C14H11BrCl2N2S/c1-8-2-3-9(16)6-13(8)19-14(20)18-10-4-5-11(15)12(17)7-10/h2-7H,1H3,(H2,18,19,20). The van der Waals surface area contributed by atoms with Crippen LogP contribution in [0.3, 0.4) is 0 Å². The van der Waals surface area contributed by atoms with Crippen LogP contribution in [0.25, 0.3) is 0 Å². The number of halogens is 3. The van der Waals surface area contributed by atoms with Crippen molar-refractivity contribution < 1.29 is 0 Å². The van der Waals surface area contributed by atoms with Crippen molar-refractivity contribution in [2.75, 3.05) is 10.6 Å². The maximum atomic E-state index is 6.04. The molecular weight excluding hydrogens is 379 g/mol. The van der Waals surface area contributed by atoms with Crippen molar-refractivity contribution in [1.82, 2.24) is 0 Å². The Bertz CT molecular complexity index is 662. The zero-order chi connectivity index (χ0) is 14.7. The van der Waals surface area contributed by atoms with Crippen LogP contribution < -0.4 is 10.6 Å². The maximum Gasteiger partial charge on any atom is 0.175 e. The smallest absolute Gasteiger partial charge is 0.175 e. The highest BCUT2D eigenvalue weighted by Gasteiger charge is 2.04. The topological polar surface area (TPSA) is 24.1 Å². The van der Waals surface area contributed by atoms with Gasteiger partial charge in [0, 0.05) is 20.9 Å². The lowest BCUT2D eigenvalue weighted by atomic mass is 10.2. The normalized spacial score (nSPS) is 10.2. The fourth-order valence-corrected chi connectivity index (χ4v) is 2.41. The van der Waals surface area contributed by atoms with Crippen molar-refractivity contribution in [3.8, 4) is 0 Å². The zero-order valence-electron chi connectivity index (χ0n) is 10.5. The molecule has 0 radical (unpaired) electrons. The molecule has 0 aliphatic rings. The van der Waals surface area contributed by atoms with Gasteiger partial charge < -0.3 is 10.6 Å². The van der Waals surface area contributed by atoms with Gasteiger partial charge in [-0.05, 0) is 71.0 Å². The van der Waals surface area contributed by atoms with Crippen LogP contribution >= 0.6 is 51.3 Å². The molecule has 0 aromatic heterocycles. The Morgan fingerprint density at radius 3 is 2.55 bits per heavy atom. The van der Waals surface area contributed by atoms with Crippen LogP contribution in [0, 0.1) is 6.92 Å². The Kier molecular flexibility index (Phi) is 5.27. The van der Waals surface area contributed by atoms with E-state index < -0.39 is 0 Å². The molecule has 0 bridgehead atoms. The second-order valence-electron chi connectivity index (χ2n) is 4.17. The highest BCUT2D eigenvalue weighted by Crippen LogP contribution is 2.26. The van der Waals surface area contributed by atoms with Gasteiger partial charge in [-0.15, -0.1) is 0 Å². The third kappa shape index (κ3) is 4.09. The van der Waals surface area contributed by atoms with Gasteiger partial charge in [-0.1, -0.05) is 29.3 Å². The second-order valence-corrected chi connectivity index (χ2v) is 6.27. The van der Waals surface area contributed by atoms with Crippen LogP contribution in [0.2, 0.25) is 10.0 Å². The molecule has 0 saturated heterocycles. The summed E-state index contributed by atoms with van der Waals surface area (Å²) in [5, 5.41) is 7.95. The Morgan fingerprint density at radius 2 is 1.85 bits per heavy atom.